The molecule has 5 heteroatoms. The minimum absolute atomic E-state index is 0.166. The second-order valence-electron chi connectivity index (χ2n) is 6.24. The van der Waals surface area contributed by atoms with E-state index in [2.05, 4.69) is 42.9 Å². The number of carbonyl (C=O) groups is 1. The Bertz CT molecular complexity index is 278. The lowest BCUT2D eigenvalue weighted by Gasteiger charge is -2.20. The van der Waals surface area contributed by atoms with Crippen molar-refractivity contribution in [3.63, 3.8) is 0 Å². The highest BCUT2D eigenvalue weighted by Gasteiger charge is 2.15. The molecule has 1 heterocycles. The molecule has 0 bridgehead atoms. The molecule has 1 saturated heterocycles. The fourth-order valence-electron chi connectivity index (χ4n) is 2.06. The van der Waals surface area contributed by atoms with E-state index < -0.39 is 0 Å². The van der Waals surface area contributed by atoms with Gasteiger partial charge in [-0.1, -0.05) is 20.8 Å². The van der Waals surface area contributed by atoms with E-state index in [-0.39, 0.29) is 10.7 Å². The monoisotopic (exact) mass is 287 g/mol. The van der Waals surface area contributed by atoms with Gasteiger partial charge in [-0.05, 0) is 26.6 Å². The second-order valence-corrected chi connectivity index (χ2v) is 8.17. The summed E-state index contributed by atoms with van der Waals surface area (Å²) in [6.07, 6.45) is 1.16. The molecule has 1 aliphatic rings. The smallest absolute Gasteiger partial charge is 0.234 e. The van der Waals surface area contributed by atoms with Crippen LogP contribution >= 0.6 is 11.8 Å². The van der Waals surface area contributed by atoms with Gasteiger partial charge in [-0.2, -0.15) is 11.8 Å². The van der Waals surface area contributed by atoms with Gasteiger partial charge in [0.1, 0.15) is 0 Å². The predicted molar refractivity (Wildman–Crippen MR) is 83.8 cm³/mol. The molecule has 0 radical (unpaired) electrons. The van der Waals surface area contributed by atoms with E-state index in [0.29, 0.717) is 6.54 Å². The lowest BCUT2D eigenvalue weighted by atomic mass is 10.3. The molecule has 1 aliphatic heterocycles. The van der Waals surface area contributed by atoms with Crippen LogP contribution in [0.2, 0.25) is 0 Å². The summed E-state index contributed by atoms with van der Waals surface area (Å²) in [6.45, 7) is 12.2. The van der Waals surface area contributed by atoms with Crippen LogP contribution in [-0.4, -0.2) is 72.5 Å². The van der Waals surface area contributed by atoms with E-state index >= 15 is 0 Å². The van der Waals surface area contributed by atoms with E-state index in [1.165, 1.54) is 0 Å². The number of hydrogen-bond donors (Lipinski definition) is 1. The fraction of sp³-hybridized carbons (Fsp3) is 0.929. The molecule has 0 spiro atoms. The van der Waals surface area contributed by atoms with Gasteiger partial charge in [-0.25, -0.2) is 0 Å². The SMILES string of the molecule is CN1CCCN(CC(=O)NCCSC(C)(C)C)CC1. The predicted octanol–water partition coefficient (Wildman–Crippen LogP) is 1.27. The van der Waals surface area contributed by atoms with Gasteiger partial charge in [-0.15, -0.1) is 0 Å². The van der Waals surface area contributed by atoms with Gasteiger partial charge in [0.05, 0.1) is 6.54 Å². The quantitative estimate of drug-likeness (QED) is 0.773. The number of carbonyl (C=O) groups excluding carboxylic acids is 1. The summed E-state index contributed by atoms with van der Waals surface area (Å²) in [4.78, 5) is 16.4. The van der Waals surface area contributed by atoms with E-state index in [1.807, 2.05) is 11.8 Å². The zero-order valence-corrected chi connectivity index (χ0v) is 13.7. The van der Waals surface area contributed by atoms with Crippen molar-refractivity contribution in [2.75, 3.05) is 52.1 Å². The first-order chi connectivity index (χ1) is 8.87. The first-order valence-electron chi connectivity index (χ1n) is 7.18. The molecule has 0 aromatic rings. The lowest BCUT2D eigenvalue weighted by molar-refractivity contribution is -0.122. The fourth-order valence-corrected chi connectivity index (χ4v) is 2.88. The van der Waals surface area contributed by atoms with Gasteiger partial charge in [0.15, 0.2) is 0 Å². The summed E-state index contributed by atoms with van der Waals surface area (Å²) in [5, 5.41) is 3.02. The molecule has 4 nitrogen and oxygen atoms in total. The maximum atomic E-state index is 11.9. The van der Waals surface area contributed by atoms with Crippen molar-refractivity contribution < 1.29 is 4.79 Å². The van der Waals surface area contributed by atoms with Crippen LogP contribution < -0.4 is 5.32 Å². The molecule has 0 saturated carbocycles. The average molecular weight is 287 g/mol. The molecule has 1 N–H and O–H groups in total. The average Bonchev–Trinajstić information content (AvgIpc) is 2.49. The topological polar surface area (TPSA) is 35.6 Å². The van der Waals surface area contributed by atoms with E-state index in [0.717, 1.165) is 44.9 Å². The summed E-state index contributed by atoms with van der Waals surface area (Å²) >= 11 is 1.89. The lowest BCUT2D eigenvalue weighted by Crippen LogP contribution is -2.39. The van der Waals surface area contributed by atoms with E-state index in [9.17, 15) is 4.79 Å². The molecule has 112 valence electrons. The van der Waals surface area contributed by atoms with Gasteiger partial charge in [0.25, 0.3) is 0 Å². The Labute approximate surface area is 122 Å². The molecule has 0 aromatic heterocycles. The van der Waals surface area contributed by atoms with Crippen molar-refractivity contribution in [1.82, 2.24) is 15.1 Å². The Hall–Kier alpha value is -0.260. The van der Waals surface area contributed by atoms with Crippen LogP contribution in [0.25, 0.3) is 0 Å². The van der Waals surface area contributed by atoms with Crippen molar-refractivity contribution >= 4 is 17.7 Å². The maximum absolute atomic E-state index is 11.9. The highest BCUT2D eigenvalue weighted by atomic mass is 32.2. The van der Waals surface area contributed by atoms with Crippen molar-refractivity contribution in [2.24, 2.45) is 0 Å². The maximum Gasteiger partial charge on any atom is 0.234 e. The summed E-state index contributed by atoms with van der Waals surface area (Å²) in [5.74, 6) is 1.15. The molecule has 1 rings (SSSR count). The van der Waals surface area contributed by atoms with Gasteiger partial charge in [-0.3, -0.25) is 9.69 Å². The van der Waals surface area contributed by atoms with E-state index in [1.54, 1.807) is 0 Å². The number of thioether (sulfide) groups is 1. The Morgan fingerprint density at radius 2 is 1.95 bits per heavy atom. The summed E-state index contributed by atoms with van der Waals surface area (Å²) in [5.41, 5.74) is 0. The number of nitrogens with zero attached hydrogens (tertiary/aromatic N) is 2. The van der Waals surface area contributed by atoms with E-state index in [4.69, 9.17) is 0 Å². The first-order valence-corrected chi connectivity index (χ1v) is 8.17. The van der Waals surface area contributed by atoms with Gasteiger partial charge >= 0.3 is 0 Å². The minimum Gasteiger partial charge on any atom is -0.354 e. The number of hydrogen-bond acceptors (Lipinski definition) is 4. The van der Waals surface area contributed by atoms with Crippen molar-refractivity contribution in [3.8, 4) is 0 Å². The number of rotatable bonds is 5. The molecule has 0 atom stereocenters. The van der Waals surface area contributed by atoms with Crippen LogP contribution in [0.4, 0.5) is 0 Å². The molecule has 19 heavy (non-hydrogen) atoms. The molecule has 1 fully saturated rings. The summed E-state index contributed by atoms with van der Waals surface area (Å²) in [6, 6.07) is 0. The van der Waals surface area contributed by atoms with Crippen LogP contribution in [0.3, 0.4) is 0 Å². The van der Waals surface area contributed by atoms with Crippen LogP contribution in [0, 0.1) is 0 Å². The number of amides is 1. The molecule has 1 amide bonds. The largest absolute Gasteiger partial charge is 0.354 e. The highest BCUT2D eigenvalue weighted by molar-refractivity contribution is 8.00. The Kier molecular flexibility index (Phi) is 7.18. The van der Waals surface area contributed by atoms with Gasteiger partial charge in [0.2, 0.25) is 5.91 Å². The highest BCUT2D eigenvalue weighted by Crippen LogP contribution is 2.21. The third-order valence-corrected chi connectivity index (χ3v) is 4.41. The third-order valence-electron chi connectivity index (χ3n) is 3.14. The van der Waals surface area contributed by atoms with Crippen molar-refractivity contribution in [2.45, 2.75) is 31.9 Å². The molecular formula is C14H29N3OS. The third kappa shape index (κ3) is 8.50. The zero-order chi connectivity index (χ0) is 14.3. The zero-order valence-electron chi connectivity index (χ0n) is 12.9. The second kappa shape index (κ2) is 8.12. The van der Waals surface area contributed by atoms with Crippen molar-refractivity contribution in [1.29, 1.82) is 0 Å². The summed E-state index contributed by atoms with van der Waals surface area (Å²) in [7, 11) is 2.15. The van der Waals surface area contributed by atoms with Gasteiger partial charge in [0, 0.05) is 30.1 Å². The normalized spacial score (nSPS) is 19.2. The van der Waals surface area contributed by atoms with Crippen LogP contribution in [0.1, 0.15) is 27.2 Å². The Balaban J connectivity index is 2.13. The van der Waals surface area contributed by atoms with Crippen molar-refractivity contribution in [3.05, 3.63) is 0 Å². The van der Waals surface area contributed by atoms with Crippen LogP contribution in [-0.2, 0) is 4.79 Å². The van der Waals surface area contributed by atoms with Crippen LogP contribution in [0.15, 0.2) is 0 Å². The Morgan fingerprint density at radius 1 is 1.21 bits per heavy atom. The number of likely N-dealkylation sites (N-methyl/N-ethyl adjacent to an activating group) is 1. The Morgan fingerprint density at radius 3 is 2.63 bits per heavy atom. The molecule has 0 aliphatic carbocycles. The van der Waals surface area contributed by atoms with Gasteiger partial charge < -0.3 is 10.2 Å². The standard InChI is InChI=1S/C14H29N3OS/c1-14(2,3)19-11-6-15-13(18)12-17-8-5-7-16(4)9-10-17/h5-12H2,1-4H3,(H,15,18). The molecule has 0 unspecified atom stereocenters. The van der Waals surface area contributed by atoms with Crippen LogP contribution in [0.5, 0.6) is 0 Å². The number of nitrogens with one attached hydrogen (secondary N) is 1. The first kappa shape index (κ1) is 16.8. The summed E-state index contributed by atoms with van der Waals surface area (Å²) < 4.78 is 0.278. The minimum atomic E-state index is 0.166. The molecule has 0 aromatic carbocycles. The molecular weight excluding hydrogens is 258 g/mol.